The highest BCUT2D eigenvalue weighted by Gasteiger charge is 2.15. The van der Waals surface area contributed by atoms with Gasteiger partial charge in [0.1, 0.15) is 11.5 Å². The quantitative estimate of drug-likeness (QED) is 0.473. The summed E-state index contributed by atoms with van der Waals surface area (Å²) in [5.41, 5.74) is 3.32. The maximum Gasteiger partial charge on any atom is 0.119 e. The van der Waals surface area contributed by atoms with Crippen molar-refractivity contribution in [1.82, 2.24) is 4.98 Å². The molecule has 0 aliphatic carbocycles. The number of H-pyrrole nitrogens is 1. The van der Waals surface area contributed by atoms with Crippen molar-refractivity contribution in [3.8, 4) is 22.8 Å². The first-order chi connectivity index (χ1) is 12.8. The Bertz CT molecular complexity index is 1020. The molecule has 0 aliphatic rings. The van der Waals surface area contributed by atoms with E-state index in [0.717, 1.165) is 33.7 Å². The van der Waals surface area contributed by atoms with Crippen LogP contribution in [0.5, 0.6) is 11.5 Å². The third kappa shape index (κ3) is 3.16. The average Bonchev–Trinajstić information content (AvgIpc) is 3.06. The van der Waals surface area contributed by atoms with Gasteiger partial charge < -0.3 is 14.5 Å². The van der Waals surface area contributed by atoms with Gasteiger partial charge in [-0.15, -0.1) is 0 Å². The van der Waals surface area contributed by atoms with Crippen molar-refractivity contribution in [2.75, 3.05) is 14.2 Å². The Hall–Kier alpha value is -2.85. The van der Waals surface area contributed by atoms with Crippen LogP contribution >= 0.6 is 11.8 Å². The predicted molar refractivity (Wildman–Crippen MR) is 107 cm³/mol. The Morgan fingerprint density at radius 1 is 0.769 bits per heavy atom. The summed E-state index contributed by atoms with van der Waals surface area (Å²) in [6.07, 6.45) is 0. The minimum Gasteiger partial charge on any atom is -0.497 e. The lowest BCUT2D eigenvalue weighted by molar-refractivity contribution is 0.415. The second-order valence-electron chi connectivity index (χ2n) is 5.88. The number of nitrogens with one attached hydrogen (secondary N) is 1. The molecular formula is C22H19NO2S. The molecule has 0 radical (unpaired) electrons. The van der Waals surface area contributed by atoms with Crippen LogP contribution in [0.1, 0.15) is 0 Å². The SMILES string of the molecule is COc1ccc(-c2[nH]c3ccc(OC)cc3c2Sc2ccccc2)cc1. The van der Waals surface area contributed by atoms with Crippen LogP contribution in [0.15, 0.2) is 82.6 Å². The van der Waals surface area contributed by atoms with E-state index in [0.29, 0.717) is 0 Å². The zero-order valence-electron chi connectivity index (χ0n) is 14.7. The van der Waals surface area contributed by atoms with E-state index in [1.54, 1.807) is 26.0 Å². The summed E-state index contributed by atoms with van der Waals surface area (Å²) in [5.74, 6) is 1.71. The first kappa shape index (κ1) is 16.6. The standard InChI is InChI=1S/C22H19NO2S/c1-24-16-10-8-15(9-11-16)21-22(26-18-6-4-3-5-7-18)19-14-17(25-2)12-13-20(19)23-21/h3-14,23H,1-2H3. The fourth-order valence-corrected chi connectivity index (χ4v) is 4.03. The lowest BCUT2D eigenvalue weighted by Gasteiger charge is -2.07. The molecule has 26 heavy (non-hydrogen) atoms. The van der Waals surface area contributed by atoms with Gasteiger partial charge in [0.15, 0.2) is 0 Å². The van der Waals surface area contributed by atoms with Crippen LogP contribution < -0.4 is 9.47 Å². The van der Waals surface area contributed by atoms with Crippen LogP contribution in [0.2, 0.25) is 0 Å². The molecule has 0 saturated carbocycles. The first-order valence-electron chi connectivity index (χ1n) is 8.35. The maximum atomic E-state index is 5.43. The Morgan fingerprint density at radius 3 is 2.15 bits per heavy atom. The Balaban J connectivity index is 1.88. The van der Waals surface area contributed by atoms with E-state index in [4.69, 9.17) is 9.47 Å². The van der Waals surface area contributed by atoms with Crippen molar-refractivity contribution in [2.45, 2.75) is 9.79 Å². The largest absolute Gasteiger partial charge is 0.497 e. The van der Waals surface area contributed by atoms with Crippen LogP contribution in [0, 0.1) is 0 Å². The monoisotopic (exact) mass is 361 g/mol. The van der Waals surface area contributed by atoms with Crippen molar-refractivity contribution in [3.63, 3.8) is 0 Å². The molecule has 0 fully saturated rings. The van der Waals surface area contributed by atoms with Gasteiger partial charge in [-0.25, -0.2) is 0 Å². The van der Waals surface area contributed by atoms with Crippen LogP contribution in [-0.2, 0) is 0 Å². The Kier molecular flexibility index (Phi) is 4.59. The highest BCUT2D eigenvalue weighted by molar-refractivity contribution is 7.99. The minimum absolute atomic E-state index is 0.851. The predicted octanol–water partition coefficient (Wildman–Crippen LogP) is 6.00. The molecule has 4 aromatic rings. The van der Waals surface area contributed by atoms with E-state index in [2.05, 4.69) is 53.5 Å². The van der Waals surface area contributed by atoms with E-state index in [9.17, 15) is 0 Å². The zero-order chi connectivity index (χ0) is 17.9. The molecule has 0 spiro atoms. The number of ether oxygens (including phenoxy) is 2. The second kappa shape index (κ2) is 7.18. The highest BCUT2D eigenvalue weighted by atomic mass is 32.2. The molecule has 1 N–H and O–H groups in total. The molecule has 0 amide bonds. The molecule has 130 valence electrons. The molecular weight excluding hydrogens is 342 g/mol. The van der Waals surface area contributed by atoms with E-state index < -0.39 is 0 Å². The van der Waals surface area contributed by atoms with Gasteiger partial charge in [0.25, 0.3) is 0 Å². The molecule has 0 saturated heterocycles. The third-order valence-electron chi connectivity index (χ3n) is 4.30. The summed E-state index contributed by atoms with van der Waals surface area (Å²) >= 11 is 1.76. The molecule has 1 heterocycles. The van der Waals surface area contributed by atoms with Crippen molar-refractivity contribution in [3.05, 3.63) is 72.8 Å². The summed E-state index contributed by atoms with van der Waals surface area (Å²) in [5, 5.41) is 1.16. The van der Waals surface area contributed by atoms with Gasteiger partial charge >= 0.3 is 0 Å². The summed E-state index contributed by atoms with van der Waals surface area (Å²) in [7, 11) is 3.38. The van der Waals surface area contributed by atoms with Gasteiger partial charge in [-0.1, -0.05) is 30.0 Å². The molecule has 0 bridgehead atoms. The fourth-order valence-electron chi connectivity index (χ4n) is 2.95. The van der Waals surface area contributed by atoms with E-state index in [1.807, 2.05) is 24.3 Å². The van der Waals surface area contributed by atoms with Crippen molar-refractivity contribution < 1.29 is 9.47 Å². The first-order valence-corrected chi connectivity index (χ1v) is 9.17. The fraction of sp³-hybridized carbons (Fsp3) is 0.0909. The molecule has 0 unspecified atom stereocenters. The normalized spacial score (nSPS) is 10.8. The van der Waals surface area contributed by atoms with Gasteiger partial charge in [-0.2, -0.15) is 0 Å². The van der Waals surface area contributed by atoms with E-state index >= 15 is 0 Å². The number of fused-ring (bicyclic) bond motifs is 1. The number of rotatable bonds is 5. The number of aromatic amines is 1. The lowest BCUT2D eigenvalue weighted by Crippen LogP contribution is -1.84. The second-order valence-corrected chi connectivity index (χ2v) is 6.97. The van der Waals surface area contributed by atoms with Crippen LogP contribution in [0.3, 0.4) is 0 Å². The number of aromatic nitrogens is 1. The maximum absolute atomic E-state index is 5.43. The van der Waals surface area contributed by atoms with Gasteiger partial charge in [0.05, 0.1) is 19.9 Å². The number of hydrogen-bond donors (Lipinski definition) is 1. The van der Waals surface area contributed by atoms with Gasteiger partial charge in [-0.05, 0) is 60.2 Å². The van der Waals surface area contributed by atoms with E-state index in [-0.39, 0.29) is 0 Å². The molecule has 4 heteroatoms. The Morgan fingerprint density at radius 2 is 1.46 bits per heavy atom. The summed E-state index contributed by atoms with van der Waals surface area (Å²) in [6.45, 7) is 0. The van der Waals surface area contributed by atoms with Crippen LogP contribution in [0.4, 0.5) is 0 Å². The summed E-state index contributed by atoms with van der Waals surface area (Å²) in [6, 6.07) is 24.7. The smallest absolute Gasteiger partial charge is 0.119 e. The van der Waals surface area contributed by atoms with Crippen LogP contribution in [-0.4, -0.2) is 19.2 Å². The van der Waals surface area contributed by atoms with E-state index in [1.165, 1.54) is 9.79 Å². The minimum atomic E-state index is 0.851. The number of benzene rings is 3. The highest BCUT2D eigenvalue weighted by Crippen LogP contribution is 2.42. The molecule has 3 nitrogen and oxygen atoms in total. The summed E-state index contributed by atoms with van der Waals surface area (Å²) < 4.78 is 10.7. The molecule has 4 rings (SSSR count). The van der Waals surface area contributed by atoms with Gasteiger partial charge in [0.2, 0.25) is 0 Å². The Labute approximate surface area is 157 Å². The van der Waals surface area contributed by atoms with Gasteiger partial charge in [0, 0.05) is 20.7 Å². The average molecular weight is 361 g/mol. The zero-order valence-corrected chi connectivity index (χ0v) is 15.5. The number of methoxy groups -OCH3 is 2. The van der Waals surface area contributed by atoms with Crippen molar-refractivity contribution in [1.29, 1.82) is 0 Å². The van der Waals surface area contributed by atoms with Gasteiger partial charge in [-0.3, -0.25) is 0 Å². The van der Waals surface area contributed by atoms with Crippen LogP contribution in [0.25, 0.3) is 22.2 Å². The molecule has 3 aromatic carbocycles. The molecule has 0 atom stereocenters. The summed E-state index contributed by atoms with van der Waals surface area (Å²) in [4.78, 5) is 5.96. The van der Waals surface area contributed by atoms with Crippen molar-refractivity contribution in [2.24, 2.45) is 0 Å². The molecule has 0 aliphatic heterocycles. The molecule has 1 aromatic heterocycles. The third-order valence-corrected chi connectivity index (χ3v) is 5.44. The van der Waals surface area contributed by atoms with Crippen molar-refractivity contribution >= 4 is 22.7 Å². The lowest BCUT2D eigenvalue weighted by atomic mass is 10.1. The topological polar surface area (TPSA) is 34.2 Å². The number of hydrogen-bond acceptors (Lipinski definition) is 3.